The monoisotopic (exact) mass is 250 g/mol. The average molecular weight is 250 g/mol. The normalized spacial score (nSPS) is 20.8. The van der Waals surface area contributed by atoms with Gasteiger partial charge in [-0.15, -0.1) is 0 Å². The molecule has 1 aliphatic heterocycles. The lowest BCUT2D eigenvalue weighted by molar-refractivity contribution is -0.0260. The van der Waals surface area contributed by atoms with Crippen molar-refractivity contribution in [2.24, 2.45) is 5.73 Å². The predicted molar refractivity (Wildman–Crippen MR) is 67.5 cm³/mol. The number of benzene rings is 1. The molecule has 0 spiro atoms. The van der Waals surface area contributed by atoms with E-state index in [0.717, 1.165) is 25.2 Å². The predicted octanol–water partition coefficient (Wildman–Crippen LogP) is 0.544. The summed E-state index contributed by atoms with van der Waals surface area (Å²) in [6.45, 7) is 3.76. The molecule has 3 N–H and O–H groups in total. The van der Waals surface area contributed by atoms with Crippen LogP contribution in [0, 0.1) is 0 Å². The molecule has 0 amide bonds. The number of morpholine rings is 1. The van der Waals surface area contributed by atoms with E-state index in [2.05, 4.69) is 4.90 Å². The molecule has 1 aromatic carbocycles. The van der Waals surface area contributed by atoms with E-state index in [1.54, 1.807) is 12.1 Å². The maximum absolute atomic E-state index is 10.7. The van der Waals surface area contributed by atoms with Gasteiger partial charge in [-0.3, -0.25) is 4.90 Å². The Morgan fingerprint density at radius 3 is 2.78 bits per heavy atom. The number of nitrogens with zero attached hydrogens (tertiary/aromatic N) is 1. The molecule has 0 aromatic heterocycles. The first-order chi connectivity index (χ1) is 8.69. The van der Waals surface area contributed by atoms with E-state index in [9.17, 15) is 4.79 Å². The molecule has 1 heterocycles. The molecule has 0 saturated carbocycles. The van der Waals surface area contributed by atoms with Crippen molar-refractivity contribution < 1.29 is 14.6 Å². The molecule has 1 unspecified atom stereocenters. The molecule has 1 fully saturated rings. The van der Waals surface area contributed by atoms with Crippen LogP contribution < -0.4 is 5.73 Å². The third kappa shape index (κ3) is 3.29. The number of carboxylic acid groups (broad SMARTS) is 1. The van der Waals surface area contributed by atoms with E-state index in [1.807, 2.05) is 12.1 Å². The molecular formula is C13H18N2O3. The van der Waals surface area contributed by atoms with Gasteiger partial charge in [0, 0.05) is 26.2 Å². The molecule has 1 atom stereocenters. The molecule has 1 aromatic rings. The highest BCUT2D eigenvalue weighted by atomic mass is 16.5. The second-order valence-electron chi connectivity index (χ2n) is 4.47. The Kier molecular flexibility index (Phi) is 4.30. The topological polar surface area (TPSA) is 75.8 Å². The Morgan fingerprint density at radius 1 is 1.44 bits per heavy atom. The van der Waals surface area contributed by atoms with E-state index in [1.165, 1.54) is 0 Å². The summed E-state index contributed by atoms with van der Waals surface area (Å²) in [5.74, 6) is -0.892. The molecule has 1 saturated heterocycles. The van der Waals surface area contributed by atoms with Gasteiger partial charge in [0.25, 0.3) is 0 Å². The standard InChI is InChI=1S/C13H18N2O3/c14-7-12-9-15(5-6-18-12)8-10-1-3-11(4-2-10)13(16)17/h1-4,12H,5-9,14H2,(H,16,17). The van der Waals surface area contributed by atoms with Crippen LogP contribution in [-0.2, 0) is 11.3 Å². The number of carbonyl (C=O) groups is 1. The molecule has 5 heteroatoms. The fourth-order valence-corrected chi connectivity index (χ4v) is 2.08. The Bertz CT molecular complexity index is 405. The number of aromatic carboxylic acids is 1. The van der Waals surface area contributed by atoms with Gasteiger partial charge in [0.1, 0.15) is 0 Å². The van der Waals surface area contributed by atoms with E-state index in [4.69, 9.17) is 15.6 Å². The van der Waals surface area contributed by atoms with E-state index >= 15 is 0 Å². The van der Waals surface area contributed by atoms with Crippen LogP contribution in [0.3, 0.4) is 0 Å². The summed E-state index contributed by atoms with van der Waals surface area (Å²) in [7, 11) is 0. The van der Waals surface area contributed by atoms with Crippen LogP contribution in [0.2, 0.25) is 0 Å². The molecule has 1 aliphatic rings. The Hall–Kier alpha value is -1.43. The van der Waals surface area contributed by atoms with Crippen molar-refractivity contribution in [1.29, 1.82) is 0 Å². The lowest BCUT2D eigenvalue weighted by Gasteiger charge is -2.32. The molecular weight excluding hydrogens is 232 g/mol. The summed E-state index contributed by atoms with van der Waals surface area (Å²) >= 11 is 0. The minimum absolute atomic E-state index is 0.108. The summed E-state index contributed by atoms with van der Waals surface area (Å²) in [4.78, 5) is 13.0. The van der Waals surface area contributed by atoms with E-state index in [-0.39, 0.29) is 6.10 Å². The summed E-state index contributed by atoms with van der Waals surface area (Å²) in [5, 5.41) is 8.82. The smallest absolute Gasteiger partial charge is 0.335 e. The van der Waals surface area contributed by atoms with Crippen molar-refractivity contribution in [2.75, 3.05) is 26.2 Å². The Labute approximate surface area is 106 Å². The van der Waals surface area contributed by atoms with Gasteiger partial charge in [-0.2, -0.15) is 0 Å². The highest BCUT2D eigenvalue weighted by Gasteiger charge is 2.19. The molecule has 2 rings (SSSR count). The van der Waals surface area contributed by atoms with Crippen LogP contribution in [0.4, 0.5) is 0 Å². The van der Waals surface area contributed by atoms with Crippen molar-refractivity contribution in [2.45, 2.75) is 12.6 Å². The van der Waals surface area contributed by atoms with E-state index in [0.29, 0.717) is 18.7 Å². The van der Waals surface area contributed by atoms with Gasteiger partial charge in [0.05, 0.1) is 18.3 Å². The second-order valence-corrected chi connectivity index (χ2v) is 4.47. The lowest BCUT2D eigenvalue weighted by Crippen LogP contribution is -2.45. The molecule has 98 valence electrons. The summed E-state index contributed by atoms with van der Waals surface area (Å²) < 4.78 is 5.50. The summed E-state index contributed by atoms with van der Waals surface area (Å²) in [6, 6.07) is 6.99. The highest BCUT2D eigenvalue weighted by molar-refractivity contribution is 5.87. The molecule has 0 aliphatic carbocycles. The maximum atomic E-state index is 10.7. The Morgan fingerprint density at radius 2 is 2.17 bits per heavy atom. The first kappa shape index (κ1) is 13.0. The van der Waals surface area contributed by atoms with Crippen LogP contribution in [0.25, 0.3) is 0 Å². The first-order valence-corrected chi connectivity index (χ1v) is 6.05. The van der Waals surface area contributed by atoms with Gasteiger partial charge >= 0.3 is 5.97 Å². The minimum Gasteiger partial charge on any atom is -0.478 e. The van der Waals surface area contributed by atoms with Gasteiger partial charge in [-0.05, 0) is 17.7 Å². The van der Waals surface area contributed by atoms with Crippen LogP contribution in [0.15, 0.2) is 24.3 Å². The van der Waals surface area contributed by atoms with Gasteiger partial charge in [-0.25, -0.2) is 4.79 Å². The number of hydrogen-bond donors (Lipinski definition) is 2. The Balaban J connectivity index is 1.94. The van der Waals surface area contributed by atoms with Crippen molar-refractivity contribution in [3.63, 3.8) is 0 Å². The van der Waals surface area contributed by atoms with Gasteiger partial charge in [-0.1, -0.05) is 12.1 Å². The fraction of sp³-hybridized carbons (Fsp3) is 0.462. The number of carboxylic acids is 1. The van der Waals surface area contributed by atoms with Crippen LogP contribution >= 0.6 is 0 Å². The zero-order valence-electron chi connectivity index (χ0n) is 10.2. The van der Waals surface area contributed by atoms with Crippen LogP contribution in [-0.4, -0.2) is 48.3 Å². The third-order valence-corrected chi connectivity index (χ3v) is 3.09. The maximum Gasteiger partial charge on any atom is 0.335 e. The zero-order chi connectivity index (χ0) is 13.0. The quantitative estimate of drug-likeness (QED) is 0.816. The fourth-order valence-electron chi connectivity index (χ4n) is 2.08. The van der Waals surface area contributed by atoms with Crippen molar-refractivity contribution in [3.05, 3.63) is 35.4 Å². The summed E-state index contributed by atoms with van der Waals surface area (Å²) in [5.41, 5.74) is 7.02. The van der Waals surface area contributed by atoms with Gasteiger partial charge < -0.3 is 15.6 Å². The number of nitrogens with two attached hydrogens (primary N) is 1. The molecule has 5 nitrogen and oxygen atoms in total. The van der Waals surface area contributed by atoms with Crippen LogP contribution in [0.5, 0.6) is 0 Å². The second kappa shape index (κ2) is 5.95. The molecule has 0 bridgehead atoms. The van der Waals surface area contributed by atoms with Crippen LogP contribution in [0.1, 0.15) is 15.9 Å². The highest BCUT2D eigenvalue weighted by Crippen LogP contribution is 2.11. The lowest BCUT2D eigenvalue weighted by atomic mass is 10.1. The van der Waals surface area contributed by atoms with Crippen molar-refractivity contribution >= 4 is 5.97 Å². The van der Waals surface area contributed by atoms with Gasteiger partial charge in [0.2, 0.25) is 0 Å². The third-order valence-electron chi connectivity index (χ3n) is 3.09. The number of rotatable bonds is 4. The zero-order valence-corrected chi connectivity index (χ0v) is 10.2. The van der Waals surface area contributed by atoms with Crippen molar-refractivity contribution in [3.8, 4) is 0 Å². The number of hydrogen-bond acceptors (Lipinski definition) is 4. The number of ether oxygens (including phenoxy) is 1. The van der Waals surface area contributed by atoms with Crippen molar-refractivity contribution in [1.82, 2.24) is 4.90 Å². The minimum atomic E-state index is -0.892. The molecule has 0 radical (unpaired) electrons. The SMILES string of the molecule is NCC1CN(Cc2ccc(C(=O)O)cc2)CCO1. The largest absolute Gasteiger partial charge is 0.478 e. The van der Waals surface area contributed by atoms with E-state index < -0.39 is 5.97 Å². The average Bonchev–Trinajstić information content (AvgIpc) is 2.39. The first-order valence-electron chi connectivity index (χ1n) is 6.05. The summed E-state index contributed by atoms with van der Waals surface area (Å²) in [6.07, 6.45) is 0.108. The molecule has 18 heavy (non-hydrogen) atoms. The van der Waals surface area contributed by atoms with Gasteiger partial charge in [0.15, 0.2) is 0 Å².